The molecule has 0 atom stereocenters. The molecule has 1 aromatic carbocycles. The molecule has 2 saturated carbocycles. The smallest absolute Gasteiger partial charge is 0.191 e. The second kappa shape index (κ2) is 9.26. The second-order valence-electron chi connectivity index (χ2n) is 7.60. The average molecular weight is 360 g/mol. The van der Waals surface area contributed by atoms with Crippen LogP contribution in [0.5, 0.6) is 5.75 Å². The molecule has 2 aliphatic rings. The van der Waals surface area contributed by atoms with Crippen LogP contribution in [0.2, 0.25) is 0 Å². The van der Waals surface area contributed by atoms with E-state index in [1.165, 1.54) is 31.2 Å². The third-order valence-electron chi connectivity index (χ3n) is 5.40. The third-order valence-corrected chi connectivity index (χ3v) is 5.40. The minimum Gasteiger partial charge on any atom is -0.491 e. The van der Waals surface area contributed by atoms with Gasteiger partial charge in [0.2, 0.25) is 0 Å². The maximum Gasteiger partial charge on any atom is 0.191 e. The van der Waals surface area contributed by atoms with E-state index < -0.39 is 0 Å². The van der Waals surface area contributed by atoms with Gasteiger partial charge in [0.1, 0.15) is 12.4 Å². The first kappa shape index (κ1) is 19.0. The summed E-state index contributed by atoms with van der Waals surface area (Å²) < 4.78 is 11.0. The standard InChI is InChI=1S/C21H33N3O2/c1-15-4-5-18(20(12-15)26-11-10-25-3)13-23-21(22-2)24-14-19(16-6-7-16)17-8-9-17/h4-5,12,16-17,19H,6-11,13-14H2,1-3H3,(H2,22,23,24). The Bertz CT molecular complexity index is 597. The van der Waals surface area contributed by atoms with Gasteiger partial charge in [-0.1, -0.05) is 12.1 Å². The monoisotopic (exact) mass is 359 g/mol. The SMILES string of the molecule is CN=C(NCc1ccc(C)cc1OCCOC)NCC(C1CC1)C1CC1. The quantitative estimate of drug-likeness (QED) is 0.383. The van der Waals surface area contributed by atoms with E-state index in [-0.39, 0.29) is 0 Å². The van der Waals surface area contributed by atoms with Crippen molar-refractivity contribution in [1.29, 1.82) is 0 Å². The number of nitrogens with one attached hydrogen (secondary N) is 2. The number of guanidine groups is 1. The van der Waals surface area contributed by atoms with Crippen molar-refractivity contribution in [2.45, 2.75) is 39.2 Å². The highest BCUT2D eigenvalue weighted by Gasteiger charge is 2.41. The molecular formula is C21H33N3O2. The van der Waals surface area contributed by atoms with Crippen LogP contribution in [-0.2, 0) is 11.3 Å². The van der Waals surface area contributed by atoms with Gasteiger partial charge in [0.05, 0.1) is 6.61 Å². The van der Waals surface area contributed by atoms with Crippen LogP contribution in [0.15, 0.2) is 23.2 Å². The lowest BCUT2D eigenvalue weighted by atomic mass is 9.98. The van der Waals surface area contributed by atoms with E-state index in [0.29, 0.717) is 19.8 Å². The van der Waals surface area contributed by atoms with E-state index in [1.807, 2.05) is 7.05 Å². The van der Waals surface area contributed by atoms with E-state index in [1.54, 1.807) is 7.11 Å². The Morgan fingerprint density at radius 3 is 2.50 bits per heavy atom. The summed E-state index contributed by atoms with van der Waals surface area (Å²) in [6.45, 7) is 4.97. The van der Waals surface area contributed by atoms with Crippen molar-refractivity contribution in [3.05, 3.63) is 29.3 Å². The molecule has 2 N–H and O–H groups in total. The maximum atomic E-state index is 5.88. The van der Waals surface area contributed by atoms with Crippen molar-refractivity contribution in [2.75, 3.05) is 33.9 Å². The van der Waals surface area contributed by atoms with Crippen molar-refractivity contribution in [2.24, 2.45) is 22.7 Å². The van der Waals surface area contributed by atoms with Crippen LogP contribution < -0.4 is 15.4 Å². The summed E-state index contributed by atoms with van der Waals surface area (Å²) in [7, 11) is 3.53. The van der Waals surface area contributed by atoms with Crippen molar-refractivity contribution in [3.8, 4) is 5.75 Å². The van der Waals surface area contributed by atoms with E-state index in [2.05, 4.69) is 40.7 Å². The number of hydrogen-bond acceptors (Lipinski definition) is 3. The third kappa shape index (κ3) is 5.63. The zero-order valence-electron chi connectivity index (χ0n) is 16.4. The minimum absolute atomic E-state index is 0.560. The van der Waals surface area contributed by atoms with Gasteiger partial charge >= 0.3 is 0 Å². The first-order valence-electron chi connectivity index (χ1n) is 9.87. The zero-order valence-corrected chi connectivity index (χ0v) is 16.4. The summed E-state index contributed by atoms with van der Waals surface area (Å²) in [5.41, 5.74) is 2.33. The lowest BCUT2D eigenvalue weighted by Gasteiger charge is -2.19. The molecule has 144 valence electrons. The molecule has 0 spiro atoms. The first-order chi connectivity index (χ1) is 12.7. The van der Waals surface area contributed by atoms with Gasteiger partial charge in [-0.25, -0.2) is 0 Å². The van der Waals surface area contributed by atoms with E-state index >= 15 is 0 Å². The Balaban J connectivity index is 1.51. The largest absolute Gasteiger partial charge is 0.491 e. The van der Waals surface area contributed by atoms with Crippen LogP contribution in [0.1, 0.15) is 36.8 Å². The van der Waals surface area contributed by atoms with Crippen LogP contribution in [0.4, 0.5) is 0 Å². The zero-order chi connectivity index (χ0) is 18.4. The lowest BCUT2D eigenvalue weighted by molar-refractivity contribution is 0.145. The number of aryl methyl sites for hydroxylation is 1. The molecular weight excluding hydrogens is 326 g/mol. The molecule has 0 aliphatic heterocycles. The van der Waals surface area contributed by atoms with E-state index in [4.69, 9.17) is 9.47 Å². The molecule has 5 heteroatoms. The molecule has 5 nitrogen and oxygen atoms in total. The summed E-state index contributed by atoms with van der Waals surface area (Å²) >= 11 is 0. The predicted molar refractivity (Wildman–Crippen MR) is 106 cm³/mol. The Hall–Kier alpha value is -1.75. The fraction of sp³-hybridized carbons (Fsp3) is 0.667. The highest BCUT2D eigenvalue weighted by atomic mass is 16.5. The molecule has 2 aliphatic carbocycles. The topological polar surface area (TPSA) is 54.9 Å². The molecule has 0 amide bonds. The van der Waals surface area contributed by atoms with Gasteiger partial charge in [-0.3, -0.25) is 4.99 Å². The fourth-order valence-corrected chi connectivity index (χ4v) is 3.56. The molecule has 26 heavy (non-hydrogen) atoms. The van der Waals surface area contributed by atoms with Crippen LogP contribution in [0.3, 0.4) is 0 Å². The molecule has 0 bridgehead atoms. The molecule has 0 radical (unpaired) electrons. The number of hydrogen-bond donors (Lipinski definition) is 2. The summed E-state index contributed by atoms with van der Waals surface area (Å²) in [6, 6.07) is 6.32. The minimum atomic E-state index is 0.560. The predicted octanol–water partition coefficient (Wildman–Crippen LogP) is 3.12. The molecule has 1 aromatic rings. The van der Waals surface area contributed by atoms with Gasteiger partial charge in [0.25, 0.3) is 0 Å². The van der Waals surface area contributed by atoms with Gasteiger partial charge in [-0.15, -0.1) is 0 Å². The molecule has 0 saturated heterocycles. The molecule has 0 unspecified atom stereocenters. The summed E-state index contributed by atoms with van der Waals surface area (Å²) in [6.07, 6.45) is 5.67. The van der Waals surface area contributed by atoms with Gasteiger partial charge in [-0.2, -0.15) is 0 Å². The highest BCUT2D eigenvalue weighted by molar-refractivity contribution is 5.79. The molecule has 0 aromatic heterocycles. The van der Waals surface area contributed by atoms with Crippen molar-refractivity contribution in [3.63, 3.8) is 0 Å². The van der Waals surface area contributed by atoms with Crippen molar-refractivity contribution in [1.82, 2.24) is 10.6 Å². The first-order valence-corrected chi connectivity index (χ1v) is 9.87. The molecule has 2 fully saturated rings. The number of rotatable bonds is 10. The van der Waals surface area contributed by atoms with Gasteiger partial charge < -0.3 is 20.1 Å². The van der Waals surface area contributed by atoms with Crippen molar-refractivity contribution < 1.29 is 9.47 Å². The number of ether oxygens (including phenoxy) is 2. The summed E-state index contributed by atoms with van der Waals surface area (Å²) in [5.74, 6) is 4.52. The second-order valence-corrected chi connectivity index (χ2v) is 7.60. The number of nitrogens with zero attached hydrogens (tertiary/aromatic N) is 1. The van der Waals surface area contributed by atoms with Crippen LogP contribution in [0, 0.1) is 24.7 Å². The Kier molecular flexibility index (Phi) is 6.78. The Morgan fingerprint density at radius 1 is 1.15 bits per heavy atom. The lowest BCUT2D eigenvalue weighted by Crippen LogP contribution is -2.40. The summed E-state index contributed by atoms with van der Waals surface area (Å²) in [4.78, 5) is 4.39. The van der Waals surface area contributed by atoms with Gasteiger partial charge in [0, 0.05) is 32.8 Å². The Labute approximate surface area is 157 Å². The number of benzene rings is 1. The van der Waals surface area contributed by atoms with Gasteiger partial charge in [0.15, 0.2) is 5.96 Å². The van der Waals surface area contributed by atoms with Crippen LogP contribution in [-0.4, -0.2) is 39.9 Å². The molecule has 3 rings (SSSR count). The van der Waals surface area contributed by atoms with Crippen LogP contribution in [0.25, 0.3) is 0 Å². The van der Waals surface area contributed by atoms with E-state index in [9.17, 15) is 0 Å². The summed E-state index contributed by atoms with van der Waals surface area (Å²) in [5, 5.41) is 6.98. The molecule has 0 heterocycles. The average Bonchev–Trinajstić information content (AvgIpc) is 3.54. The van der Waals surface area contributed by atoms with Crippen LogP contribution >= 0.6 is 0 Å². The van der Waals surface area contributed by atoms with E-state index in [0.717, 1.165) is 41.6 Å². The maximum absolute atomic E-state index is 5.88. The normalized spacial score (nSPS) is 17.5. The van der Waals surface area contributed by atoms with Crippen molar-refractivity contribution >= 4 is 5.96 Å². The number of methoxy groups -OCH3 is 1. The van der Waals surface area contributed by atoms with Gasteiger partial charge in [-0.05, 0) is 62.0 Å². The Morgan fingerprint density at radius 2 is 1.88 bits per heavy atom. The fourth-order valence-electron chi connectivity index (χ4n) is 3.56. The highest BCUT2D eigenvalue weighted by Crippen LogP contribution is 2.48. The number of aliphatic imine (C=N–C) groups is 1.